The van der Waals surface area contributed by atoms with Crippen molar-refractivity contribution < 1.29 is 8.78 Å². The SMILES string of the molecule is Cl.NCCC1CCCN(Cc2c(F)cccc2F)C1. The molecule has 1 aromatic rings. The van der Waals surface area contributed by atoms with Gasteiger partial charge in [-0.3, -0.25) is 4.90 Å². The lowest BCUT2D eigenvalue weighted by molar-refractivity contribution is 0.159. The van der Waals surface area contributed by atoms with Crippen LogP contribution in [0.15, 0.2) is 18.2 Å². The van der Waals surface area contributed by atoms with E-state index in [0.29, 0.717) is 19.0 Å². The van der Waals surface area contributed by atoms with Crippen LogP contribution in [0.5, 0.6) is 0 Å². The second-order valence-corrected chi connectivity index (χ2v) is 5.02. The van der Waals surface area contributed by atoms with Gasteiger partial charge >= 0.3 is 0 Å². The molecular weight excluding hydrogens is 270 g/mol. The second kappa shape index (κ2) is 7.78. The van der Waals surface area contributed by atoms with E-state index in [2.05, 4.69) is 4.90 Å². The number of benzene rings is 1. The first-order chi connectivity index (χ1) is 8.70. The van der Waals surface area contributed by atoms with Crippen molar-refractivity contribution in [2.75, 3.05) is 19.6 Å². The number of piperidine rings is 1. The van der Waals surface area contributed by atoms with Crippen LogP contribution in [0.2, 0.25) is 0 Å². The molecule has 0 aromatic heterocycles. The van der Waals surface area contributed by atoms with E-state index >= 15 is 0 Å². The lowest BCUT2D eigenvalue weighted by Gasteiger charge is -2.32. The Labute approximate surface area is 119 Å². The van der Waals surface area contributed by atoms with Crippen LogP contribution in [-0.4, -0.2) is 24.5 Å². The molecule has 0 spiro atoms. The predicted molar refractivity (Wildman–Crippen MR) is 75.3 cm³/mol. The summed E-state index contributed by atoms with van der Waals surface area (Å²) in [5, 5.41) is 0. The molecule has 0 saturated carbocycles. The van der Waals surface area contributed by atoms with Crippen molar-refractivity contribution in [1.82, 2.24) is 4.90 Å². The number of rotatable bonds is 4. The summed E-state index contributed by atoms with van der Waals surface area (Å²) in [7, 11) is 0. The predicted octanol–water partition coefficient (Wildman–Crippen LogP) is 2.95. The van der Waals surface area contributed by atoms with Gasteiger partial charge in [-0.25, -0.2) is 8.78 Å². The first-order valence-corrected chi connectivity index (χ1v) is 6.56. The second-order valence-electron chi connectivity index (χ2n) is 5.02. The van der Waals surface area contributed by atoms with Crippen LogP contribution in [0, 0.1) is 17.6 Å². The average Bonchev–Trinajstić information content (AvgIpc) is 2.35. The van der Waals surface area contributed by atoms with Gasteiger partial charge in [-0.05, 0) is 50.4 Å². The fourth-order valence-corrected chi connectivity index (χ4v) is 2.67. The van der Waals surface area contributed by atoms with E-state index < -0.39 is 11.6 Å². The average molecular weight is 291 g/mol. The zero-order valence-corrected chi connectivity index (χ0v) is 11.8. The Morgan fingerprint density at radius 2 is 1.95 bits per heavy atom. The molecule has 0 aliphatic carbocycles. The summed E-state index contributed by atoms with van der Waals surface area (Å²) >= 11 is 0. The van der Waals surface area contributed by atoms with E-state index in [0.717, 1.165) is 25.9 Å². The van der Waals surface area contributed by atoms with Crippen LogP contribution >= 0.6 is 12.4 Å². The molecule has 1 aliphatic rings. The minimum Gasteiger partial charge on any atom is -0.330 e. The number of nitrogens with zero attached hydrogens (tertiary/aromatic N) is 1. The molecule has 108 valence electrons. The topological polar surface area (TPSA) is 29.3 Å². The highest BCUT2D eigenvalue weighted by Gasteiger charge is 2.21. The molecule has 1 unspecified atom stereocenters. The Morgan fingerprint density at radius 3 is 2.58 bits per heavy atom. The summed E-state index contributed by atoms with van der Waals surface area (Å²) in [6.07, 6.45) is 3.25. The van der Waals surface area contributed by atoms with Gasteiger partial charge in [0.05, 0.1) is 0 Å². The Balaban J connectivity index is 0.00000180. The van der Waals surface area contributed by atoms with E-state index in [-0.39, 0.29) is 18.0 Å². The summed E-state index contributed by atoms with van der Waals surface area (Å²) in [5.74, 6) is -0.328. The number of halogens is 3. The van der Waals surface area contributed by atoms with Crippen molar-refractivity contribution in [3.8, 4) is 0 Å². The molecule has 19 heavy (non-hydrogen) atoms. The first kappa shape index (κ1) is 16.3. The van der Waals surface area contributed by atoms with Crippen molar-refractivity contribution in [1.29, 1.82) is 0 Å². The van der Waals surface area contributed by atoms with Crippen LogP contribution in [-0.2, 0) is 6.54 Å². The van der Waals surface area contributed by atoms with Gasteiger partial charge in [0.15, 0.2) is 0 Å². The molecule has 1 aromatic carbocycles. The largest absolute Gasteiger partial charge is 0.330 e. The van der Waals surface area contributed by atoms with Gasteiger partial charge in [0, 0.05) is 18.7 Å². The minimum atomic E-state index is -0.448. The Kier molecular flexibility index (Phi) is 6.69. The zero-order valence-electron chi connectivity index (χ0n) is 10.9. The molecular formula is C14H21ClF2N2. The number of nitrogens with two attached hydrogens (primary N) is 1. The molecule has 2 N–H and O–H groups in total. The number of hydrogen-bond acceptors (Lipinski definition) is 2. The maximum absolute atomic E-state index is 13.6. The molecule has 2 nitrogen and oxygen atoms in total. The van der Waals surface area contributed by atoms with E-state index in [1.807, 2.05) is 0 Å². The summed E-state index contributed by atoms with van der Waals surface area (Å²) < 4.78 is 27.1. The van der Waals surface area contributed by atoms with Crippen molar-refractivity contribution in [3.63, 3.8) is 0 Å². The van der Waals surface area contributed by atoms with Gasteiger partial charge in [-0.1, -0.05) is 6.07 Å². The third-order valence-electron chi connectivity index (χ3n) is 3.62. The maximum Gasteiger partial charge on any atom is 0.130 e. The Morgan fingerprint density at radius 1 is 1.26 bits per heavy atom. The monoisotopic (exact) mass is 290 g/mol. The molecule has 2 rings (SSSR count). The van der Waals surface area contributed by atoms with Crippen LogP contribution in [0.25, 0.3) is 0 Å². The van der Waals surface area contributed by atoms with E-state index in [4.69, 9.17) is 5.73 Å². The molecule has 0 amide bonds. The number of likely N-dealkylation sites (tertiary alicyclic amines) is 1. The van der Waals surface area contributed by atoms with Gasteiger partial charge in [-0.15, -0.1) is 12.4 Å². The molecule has 1 aliphatic heterocycles. The van der Waals surface area contributed by atoms with Gasteiger partial charge in [0.2, 0.25) is 0 Å². The zero-order chi connectivity index (χ0) is 13.0. The van der Waals surface area contributed by atoms with Crippen molar-refractivity contribution >= 4 is 12.4 Å². The molecule has 0 radical (unpaired) electrons. The maximum atomic E-state index is 13.6. The van der Waals surface area contributed by atoms with Crippen LogP contribution < -0.4 is 5.73 Å². The van der Waals surface area contributed by atoms with Gasteiger partial charge in [0.25, 0.3) is 0 Å². The van der Waals surface area contributed by atoms with Gasteiger partial charge in [-0.2, -0.15) is 0 Å². The number of hydrogen-bond donors (Lipinski definition) is 1. The lowest BCUT2D eigenvalue weighted by Crippen LogP contribution is -2.36. The summed E-state index contributed by atoms with van der Waals surface area (Å²) in [6.45, 7) is 2.85. The van der Waals surface area contributed by atoms with E-state index in [9.17, 15) is 8.78 Å². The standard InChI is InChI=1S/C14H20F2N2.ClH/c15-13-4-1-5-14(16)12(13)10-18-8-2-3-11(9-18)6-7-17;/h1,4-5,11H,2-3,6-10,17H2;1H. The lowest BCUT2D eigenvalue weighted by atomic mass is 9.94. The summed E-state index contributed by atoms with van der Waals surface area (Å²) in [6, 6.07) is 4.04. The van der Waals surface area contributed by atoms with Crippen molar-refractivity contribution in [2.24, 2.45) is 11.7 Å². The molecule has 5 heteroatoms. The fraction of sp³-hybridized carbons (Fsp3) is 0.571. The first-order valence-electron chi connectivity index (χ1n) is 6.56. The van der Waals surface area contributed by atoms with E-state index in [1.54, 1.807) is 0 Å². The smallest absolute Gasteiger partial charge is 0.130 e. The summed E-state index contributed by atoms with van der Waals surface area (Å²) in [4.78, 5) is 2.13. The van der Waals surface area contributed by atoms with E-state index in [1.165, 1.54) is 24.6 Å². The molecule has 1 saturated heterocycles. The third-order valence-corrected chi connectivity index (χ3v) is 3.62. The molecule has 0 bridgehead atoms. The highest BCUT2D eigenvalue weighted by molar-refractivity contribution is 5.85. The third kappa shape index (κ3) is 4.41. The highest BCUT2D eigenvalue weighted by atomic mass is 35.5. The van der Waals surface area contributed by atoms with Gasteiger partial charge in [0.1, 0.15) is 11.6 Å². The van der Waals surface area contributed by atoms with Crippen LogP contribution in [0.1, 0.15) is 24.8 Å². The normalized spacial score (nSPS) is 20.1. The minimum absolute atomic E-state index is 0. The van der Waals surface area contributed by atoms with Crippen molar-refractivity contribution in [3.05, 3.63) is 35.4 Å². The highest BCUT2D eigenvalue weighted by Crippen LogP contribution is 2.22. The molecule has 1 atom stereocenters. The summed E-state index contributed by atoms with van der Waals surface area (Å²) in [5.41, 5.74) is 5.75. The Bertz CT molecular complexity index is 379. The van der Waals surface area contributed by atoms with Crippen molar-refractivity contribution in [2.45, 2.75) is 25.8 Å². The quantitative estimate of drug-likeness (QED) is 0.924. The molecule has 1 heterocycles. The molecule has 1 fully saturated rings. The van der Waals surface area contributed by atoms with Crippen LogP contribution in [0.3, 0.4) is 0 Å². The van der Waals surface area contributed by atoms with Gasteiger partial charge < -0.3 is 5.73 Å². The Hall–Kier alpha value is -0.710. The van der Waals surface area contributed by atoms with Crippen LogP contribution in [0.4, 0.5) is 8.78 Å². The fourth-order valence-electron chi connectivity index (χ4n) is 2.67.